The molecule has 0 bridgehead atoms. The Morgan fingerprint density at radius 3 is 3.00 bits per heavy atom. The summed E-state index contributed by atoms with van der Waals surface area (Å²) in [7, 11) is 0. The number of hydrogen-bond donors (Lipinski definition) is 2. The van der Waals surface area contributed by atoms with E-state index < -0.39 is 0 Å². The number of aryl methyl sites for hydroxylation is 2. The van der Waals surface area contributed by atoms with Gasteiger partial charge in [-0.3, -0.25) is 5.10 Å². The minimum atomic E-state index is 0.855. The molecule has 0 atom stereocenters. The van der Waals surface area contributed by atoms with Crippen LogP contribution in [0.5, 0.6) is 0 Å². The highest BCUT2D eigenvalue weighted by Crippen LogP contribution is 2.10. The predicted molar refractivity (Wildman–Crippen MR) is 72.1 cm³/mol. The molecule has 0 aromatic carbocycles. The number of pyridine rings is 1. The summed E-state index contributed by atoms with van der Waals surface area (Å²) in [5.74, 6) is 0.906. The maximum atomic E-state index is 4.31. The summed E-state index contributed by atoms with van der Waals surface area (Å²) in [6, 6.07) is 5.85. The number of rotatable bonds is 5. The maximum Gasteiger partial charge on any atom is 0.127 e. The van der Waals surface area contributed by atoms with E-state index in [-0.39, 0.29) is 0 Å². The molecule has 0 aliphatic rings. The minimum Gasteiger partial charge on any atom is -0.370 e. The molecule has 0 amide bonds. The Labute approximate surface area is 109 Å². The van der Waals surface area contributed by atoms with Gasteiger partial charge < -0.3 is 5.32 Å². The summed E-state index contributed by atoms with van der Waals surface area (Å²) in [6.07, 6.45) is 3.99. The fraction of sp³-hybridized carbons (Fsp3) is 0.333. The number of H-pyrrole nitrogens is 1. The lowest BCUT2D eigenvalue weighted by molar-refractivity contribution is 0.853. The highest BCUT2D eigenvalue weighted by molar-refractivity contribution is 9.10. The molecule has 0 spiro atoms. The highest BCUT2D eigenvalue weighted by atomic mass is 79.9. The monoisotopic (exact) mass is 294 g/mol. The normalized spacial score (nSPS) is 10.5. The van der Waals surface area contributed by atoms with Gasteiger partial charge in [0.2, 0.25) is 0 Å². The third-order valence-electron chi connectivity index (χ3n) is 2.58. The lowest BCUT2D eigenvalue weighted by Gasteiger charge is -2.05. The van der Waals surface area contributed by atoms with Crippen molar-refractivity contribution in [3.63, 3.8) is 0 Å². The number of aromatic amines is 1. The molecule has 0 saturated heterocycles. The van der Waals surface area contributed by atoms with Crippen LogP contribution in [0.4, 0.5) is 5.82 Å². The third-order valence-corrected chi connectivity index (χ3v) is 3.02. The van der Waals surface area contributed by atoms with Crippen LogP contribution in [0.2, 0.25) is 0 Å². The summed E-state index contributed by atoms with van der Waals surface area (Å²) in [5.41, 5.74) is 2.44. The van der Waals surface area contributed by atoms with E-state index in [0.717, 1.165) is 35.5 Å². The van der Waals surface area contributed by atoms with E-state index in [0.29, 0.717) is 0 Å². The zero-order valence-corrected chi connectivity index (χ0v) is 11.3. The van der Waals surface area contributed by atoms with Gasteiger partial charge in [0.1, 0.15) is 10.4 Å². The molecule has 0 radical (unpaired) electrons. The van der Waals surface area contributed by atoms with Gasteiger partial charge in [0.15, 0.2) is 0 Å². The molecule has 2 heterocycles. The lowest BCUT2D eigenvalue weighted by Crippen LogP contribution is -2.04. The lowest BCUT2D eigenvalue weighted by atomic mass is 10.1. The van der Waals surface area contributed by atoms with Gasteiger partial charge in [-0.2, -0.15) is 5.10 Å². The van der Waals surface area contributed by atoms with E-state index in [4.69, 9.17) is 0 Å². The van der Waals surface area contributed by atoms with Crippen molar-refractivity contribution in [1.82, 2.24) is 15.2 Å². The van der Waals surface area contributed by atoms with Gasteiger partial charge >= 0.3 is 0 Å². The standard InChI is InChI=1S/C12H15BrN4/c1-9-10(8-15-17-9)4-3-7-14-12-6-2-5-11(13)16-12/h2,5-6,8H,3-4,7H2,1H3,(H,14,16)(H,15,17). The molecule has 5 heteroatoms. The summed E-state index contributed by atoms with van der Waals surface area (Å²) in [4.78, 5) is 4.31. The molecule has 0 saturated carbocycles. The van der Waals surface area contributed by atoms with Gasteiger partial charge in [-0.05, 0) is 53.4 Å². The van der Waals surface area contributed by atoms with Crippen LogP contribution in [-0.2, 0) is 6.42 Å². The summed E-state index contributed by atoms with van der Waals surface area (Å²) < 4.78 is 0.855. The fourth-order valence-electron chi connectivity index (χ4n) is 1.63. The molecule has 0 aliphatic carbocycles. The molecule has 2 aromatic rings. The van der Waals surface area contributed by atoms with E-state index >= 15 is 0 Å². The first-order valence-electron chi connectivity index (χ1n) is 5.61. The van der Waals surface area contributed by atoms with E-state index in [1.54, 1.807) is 0 Å². The molecular formula is C12H15BrN4. The first-order valence-corrected chi connectivity index (χ1v) is 6.40. The maximum absolute atomic E-state index is 4.31. The summed E-state index contributed by atoms with van der Waals surface area (Å²) in [6.45, 7) is 2.96. The van der Waals surface area contributed by atoms with Crippen molar-refractivity contribution < 1.29 is 0 Å². The fourth-order valence-corrected chi connectivity index (χ4v) is 1.97. The molecule has 2 aromatic heterocycles. The Morgan fingerprint density at radius 2 is 2.29 bits per heavy atom. The van der Waals surface area contributed by atoms with Crippen LogP contribution in [0.25, 0.3) is 0 Å². The number of nitrogens with one attached hydrogen (secondary N) is 2. The van der Waals surface area contributed by atoms with Crippen LogP contribution in [0.1, 0.15) is 17.7 Å². The molecule has 2 rings (SSSR count). The van der Waals surface area contributed by atoms with Crippen LogP contribution in [0, 0.1) is 6.92 Å². The zero-order valence-electron chi connectivity index (χ0n) is 9.70. The van der Waals surface area contributed by atoms with Gasteiger partial charge in [0.05, 0.1) is 6.20 Å². The van der Waals surface area contributed by atoms with Crippen LogP contribution >= 0.6 is 15.9 Å². The van der Waals surface area contributed by atoms with Crippen LogP contribution in [0.15, 0.2) is 29.0 Å². The summed E-state index contributed by atoms with van der Waals surface area (Å²) in [5, 5.41) is 10.2. The molecule has 2 N–H and O–H groups in total. The quantitative estimate of drug-likeness (QED) is 0.658. The molecular weight excluding hydrogens is 280 g/mol. The largest absolute Gasteiger partial charge is 0.370 e. The number of nitrogens with zero attached hydrogens (tertiary/aromatic N) is 2. The SMILES string of the molecule is Cc1[nH]ncc1CCCNc1cccc(Br)n1. The highest BCUT2D eigenvalue weighted by Gasteiger charge is 2.00. The van der Waals surface area contributed by atoms with Crippen LogP contribution in [-0.4, -0.2) is 21.7 Å². The van der Waals surface area contributed by atoms with Crippen molar-refractivity contribution in [3.8, 4) is 0 Å². The second-order valence-electron chi connectivity index (χ2n) is 3.90. The van der Waals surface area contributed by atoms with Crippen molar-refractivity contribution >= 4 is 21.7 Å². The Hall–Kier alpha value is -1.36. The Morgan fingerprint density at radius 1 is 1.41 bits per heavy atom. The zero-order chi connectivity index (χ0) is 12.1. The third kappa shape index (κ3) is 3.56. The smallest absolute Gasteiger partial charge is 0.127 e. The van der Waals surface area contributed by atoms with E-state index in [1.165, 1.54) is 5.56 Å². The van der Waals surface area contributed by atoms with Crippen molar-refractivity contribution in [3.05, 3.63) is 40.3 Å². The van der Waals surface area contributed by atoms with E-state index in [2.05, 4.69) is 36.4 Å². The number of hydrogen-bond acceptors (Lipinski definition) is 3. The second-order valence-corrected chi connectivity index (χ2v) is 4.71. The van der Waals surface area contributed by atoms with Gasteiger partial charge in [-0.25, -0.2) is 4.98 Å². The van der Waals surface area contributed by atoms with E-state index in [1.807, 2.05) is 31.3 Å². The average molecular weight is 295 g/mol. The van der Waals surface area contributed by atoms with Gasteiger partial charge in [0, 0.05) is 12.2 Å². The number of anilines is 1. The Kier molecular flexibility index (Phi) is 4.14. The van der Waals surface area contributed by atoms with Crippen molar-refractivity contribution in [2.45, 2.75) is 19.8 Å². The van der Waals surface area contributed by atoms with E-state index in [9.17, 15) is 0 Å². The molecule has 0 fully saturated rings. The second kappa shape index (κ2) is 5.82. The summed E-state index contributed by atoms with van der Waals surface area (Å²) >= 11 is 3.35. The van der Waals surface area contributed by atoms with Crippen molar-refractivity contribution in [2.24, 2.45) is 0 Å². The molecule has 0 aliphatic heterocycles. The first-order chi connectivity index (χ1) is 8.25. The van der Waals surface area contributed by atoms with Crippen molar-refractivity contribution in [1.29, 1.82) is 0 Å². The van der Waals surface area contributed by atoms with Crippen LogP contribution < -0.4 is 5.32 Å². The van der Waals surface area contributed by atoms with Gasteiger partial charge in [-0.1, -0.05) is 6.07 Å². The van der Waals surface area contributed by atoms with Gasteiger partial charge in [-0.15, -0.1) is 0 Å². The predicted octanol–water partition coefficient (Wildman–Crippen LogP) is 2.92. The Bertz CT molecular complexity index is 481. The van der Waals surface area contributed by atoms with Crippen molar-refractivity contribution in [2.75, 3.05) is 11.9 Å². The Balaban J connectivity index is 1.75. The molecule has 4 nitrogen and oxygen atoms in total. The topological polar surface area (TPSA) is 53.6 Å². The number of aromatic nitrogens is 3. The average Bonchev–Trinajstić information content (AvgIpc) is 2.71. The molecule has 0 unspecified atom stereocenters. The van der Waals surface area contributed by atoms with Crippen LogP contribution in [0.3, 0.4) is 0 Å². The number of halogens is 1. The van der Waals surface area contributed by atoms with Gasteiger partial charge in [0.25, 0.3) is 0 Å². The first kappa shape index (κ1) is 12.1. The molecule has 90 valence electrons. The molecule has 17 heavy (non-hydrogen) atoms. The minimum absolute atomic E-state index is 0.855.